The SMILES string of the molecule is COCCCOc1c(C)cc([N+](=O)[O-])cc1S(=O)(=O)Cl. The fourth-order valence-corrected chi connectivity index (χ4v) is 2.62. The molecule has 0 amide bonds. The monoisotopic (exact) mass is 323 g/mol. The minimum absolute atomic E-state index is 0.0294. The van der Waals surface area contributed by atoms with Gasteiger partial charge in [-0.15, -0.1) is 0 Å². The first-order valence-electron chi connectivity index (χ1n) is 5.62. The number of nitrogens with zero attached hydrogens (tertiary/aromatic N) is 1. The van der Waals surface area contributed by atoms with Gasteiger partial charge in [0, 0.05) is 43.0 Å². The van der Waals surface area contributed by atoms with Crippen molar-refractivity contribution >= 4 is 25.4 Å². The second kappa shape index (κ2) is 6.87. The van der Waals surface area contributed by atoms with Crippen molar-refractivity contribution < 1.29 is 22.8 Å². The Morgan fingerprint density at radius 1 is 1.35 bits per heavy atom. The molecule has 0 atom stereocenters. The van der Waals surface area contributed by atoms with E-state index in [0.717, 1.165) is 6.07 Å². The topological polar surface area (TPSA) is 95.7 Å². The maximum absolute atomic E-state index is 11.5. The highest BCUT2D eigenvalue weighted by Gasteiger charge is 2.23. The number of nitro groups is 1. The van der Waals surface area contributed by atoms with Crippen LogP contribution in [0.3, 0.4) is 0 Å². The van der Waals surface area contributed by atoms with Crippen molar-refractivity contribution in [2.24, 2.45) is 0 Å². The molecule has 0 aromatic heterocycles. The van der Waals surface area contributed by atoms with Gasteiger partial charge in [0.05, 0.1) is 11.5 Å². The highest BCUT2D eigenvalue weighted by atomic mass is 35.7. The van der Waals surface area contributed by atoms with Crippen molar-refractivity contribution in [3.8, 4) is 5.75 Å². The first-order valence-corrected chi connectivity index (χ1v) is 7.93. The van der Waals surface area contributed by atoms with Crippen LogP contribution in [0.15, 0.2) is 17.0 Å². The Morgan fingerprint density at radius 3 is 2.50 bits per heavy atom. The number of halogens is 1. The van der Waals surface area contributed by atoms with Gasteiger partial charge < -0.3 is 9.47 Å². The van der Waals surface area contributed by atoms with Crippen LogP contribution in [-0.4, -0.2) is 33.7 Å². The molecule has 1 rings (SSSR count). The van der Waals surface area contributed by atoms with Crippen molar-refractivity contribution in [2.75, 3.05) is 20.3 Å². The van der Waals surface area contributed by atoms with E-state index in [1.807, 2.05) is 0 Å². The van der Waals surface area contributed by atoms with Crippen molar-refractivity contribution in [1.82, 2.24) is 0 Å². The Bertz CT molecular complexity index is 601. The summed E-state index contributed by atoms with van der Waals surface area (Å²) in [5, 5.41) is 10.8. The van der Waals surface area contributed by atoms with E-state index in [2.05, 4.69) is 0 Å². The van der Waals surface area contributed by atoms with Crippen LogP contribution < -0.4 is 4.74 Å². The summed E-state index contributed by atoms with van der Waals surface area (Å²) < 4.78 is 33.2. The zero-order chi connectivity index (χ0) is 15.3. The zero-order valence-corrected chi connectivity index (χ0v) is 12.5. The fraction of sp³-hybridized carbons (Fsp3) is 0.455. The lowest BCUT2D eigenvalue weighted by atomic mass is 10.2. The van der Waals surface area contributed by atoms with Gasteiger partial charge in [-0.25, -0.2) is 8.42 Å². The summed E-state index contributed by atoms with van der Waals surface area (Å²) in [6.45, 7) is 2.19. The summed E-state index contributed by atoms with van der Waals surface area (Å²) >= 11 is 0. The quantitative estimate of drug-likeness (QED) is 0.330. The maximum atomic E-state index is 11.5. The van der Waals surface area contributed by atoms with Gasteiger partial charge in [0.15, 0.2) is 0 Å². The van der Waals surface area contributed by atoms with Crippen LogP contribution in [0.1, 0.15) is 12.0 Å². The van der Waals surface area contributed by atoms with Gasteiger partial charge in [-0.05, 0) is 12.5 Å². The maximum Gasteiger partial charge on any atom is 0.271 e. The van der Waals surface area contributed by atoms with Gasteiger partial charge in [-0.3, -0.25) is 10.1 Å². The molecule has 0 aliphatic heterocycles. The number of hydrogen-bond acceptors (Lipinski definition) is 6. The van der Waals surface area contributed by atoms with Gasteiger partial charge >= 0.3 is 0 Å². The number of methoxy groups -OCH3 is 1. The van der Waals surface area contributed by atoms with Crippen LogP contribution in [0.4, 0.5) is 5.69 Å². The van der Waals surface area contributed by atoms with E-state index >= 15 is 0 Å². The predicted molar refractivity (Wildman–Crippen MR) is 72.9 cm³/mol. The first-order chi connectivity index (χ1) is 9.27. The molecule has 9 heteroatoms. The van der Waals surface area contributed by atoms with Crippen LogP contribution in [0.25, 0.3) is 0 Å². The van der Waals surface area contributed by atoms with Crippen LogP contribution in [0, 0.1) is 17.0 Å². The summed E-state index contributed by atoms with van der Waals surface area (Å²) in [7, 11) is 2.69. The average molecular weight is 324 g/mol. The number of aryl methyl sites for hydroxylation is 1. The van der Waals surface area contributed by atoms with Gasteiger partial charge in [0.2, 0.25) is 0 Å². The molecule has 1 aromatic carbocycles. The van der Waals surface area contributed by atoms with Crippen LogP contribution in [-0.2, 0) is 13.8 Å². The molecule has 0 N–H and O–H groups in total. The summed E-state index contributed by atoms with van der Waals surface area (Å²) in [5.41, 5.74) is -0.0261. The molecular formula is C11H14ClNO6S. The second-order valence-corrected chi connectivity index (χ2v) is 6.51. The smallest absolute Gasteiger partial charge is 0.271 e. The van der Waals surface area contributed by atoms with Crippen molar-refractivity contribution in [1.29, 1.82) is 0 Å². The number of hydrogen-bond donors (Lipinski definition) is 0. The molecule has 0 fully saturated rings. The summed E-state index contributed by atoms with van der Waals surface area (Å²) in [5.74, 6) is 0.0294. The van der Waals surface area contributed by atoms with Gasteiger partial charge in [0.25, 0.3) is 14.7 Å². The molecule has 0 unspecified atom stereocenters. The predicted octanol–water partition coefficient (Wildman–Crippen LogP) is 2.25. The largest absolute Gasteiger partial charge is 0.492 e. The Balaban J connectivity index is 3.18. The fourth-order valence-electron chi connectivity index (χ4n) is 1.57. The van der Waals surface area contributed by atoms with E-state index in [9.17, 15) is 18.5 Å². The van der Waals surface area contributed by atoms with Crippen molar-refractivity contribution in [3.05, 3.63) is 27.8 Å². The van der Waals surface area contributed by atoms with Gasteiger partial charge in [0.1, 0.15) is 10.6 Å². The lowest BCUT2D eigenvalue weighted by Gasteiger charge is -2.12. The normalized spacial score (nSPS) is 11.3. The van der Waals surface area contributed by atoms with E-state index in [1.54, 1.807) is 0 Å². The third-order valence-corrected chi connectivity index (χ3v) is 3.77. The summed E-state index contributed by atoms with van der Waals surface area (Å²) in [6.07, 6.45) is 0.550. The summed E-state index contributed by atoms with van der Waals surface area (Å²) in [6, 6.07) is 2.12. The lowest BCUT2D eigenvalue weighted by molar-refractivity contribution is -0.385. The minimum Gasteiger partial charge on any atom is -0.492 e. The van der Waals surface area contributed by atoms with E-state index in [1.165, 1.54) is 20.1 Å². The molecule has 0 saturated heterocycles. The van der Waals surface area contributed by atoms with E-state index in [-0.39, 0.29) is 18.0 Å². The van der Waals surface area contributed by atoms with Crippen LogP contribution in [0.5, 0.6) is 5.75 Å². The molecule has 0 spiro atoms. The van der Waals surface area contributed by atoms with E-state index in [4.69, 9.17) is 20.2 Å². The number of nitro benzene ring substituents is 1. The standard InChI is InChI=1S/C11H14ClNO6S/c1-8-6-9(13(14)15)7-10(20(12,16)17)11(8)19-5-3-4-18-2/h6-7H,3-5H2,1-2H3. The minimum atomic E-state index is -4.14. The van der Waals surface area contributed by atoms with Crippen LogP contribution >= 0.6 is 10.7 Å². The highest BCUT2D eigenvalue weighted by molar-refractivity contribution is 8.13. The number of benzene rings is 1. The Hall–Kier alpha value is -1.38. The number of non-ortho nitro benzene ring substituents is 1. The molecule has 112 valence electrons. The first kappa shape index (κ1) is 16.7. The molecular weight excluding hydrogens is 310 g/mol. The zero-order valence-electron chi connectivity index (χ0n) is 11.0. The molecule has 0 heterocycles. The molecule has 0 aliphatic rings. The molecule has 1 aromatic rings. The summed E-state index contributed by atoms with van der Waals surface area (Å²) in [4.78, 5) is 9.67. The third kappa shape index (κ3) is 4.32. The Morgan fingerprint density at radius 2 is 2.00 bits per heavy atom. The molecule has 20 heavy (non-hydrogen) atoms. The van der Waals surface area contributed by atoms with Crippen molar-refractivity contribution in [3.63, 3.8) is 0 Å². The molecule has 0 aliphatic carbocycles. The second-order valence-electron chi connectivity index (χ2n) is 3.98. The molecule has 0 bridgehead atoms. The lowest BCUT2D eigenvalue weighted by Crippen LogP contribution is -2.06. The number of ether oxygens (including phenoxy) is 2. The molecule has 0 radical (unpaired) electrons. The van der Waals surface area contributed by atoms with Gasteiger partial charge in [-0.1, -0.05) is 0 Å². The average Bonchev–Trinajstić information content (AvgIpc) is 2.34. The van der Waals surface area contributed by atoms with Crippen molar-refractivity contribution in [2.45, 2.75) is 18.2 Å². The highest BCUT2D eigenvalue weighted by Crippen LogP contribution is 2.34. The Kier molecular flexibility index (Phi) is 5.73. The molecule has 0 saturated carbocycles. The van der Waals surface area contributed by atoms with Crippen LogP contribution in [0.2, 0.25) is 0 Å². The Labute approximate surface area is 121 Å². The third-order valence-electron chi connectivity index (χ3n) is 2.44. The molecule has 7 nitrogen and oxygen atoms in total. The van der Waals surface area contributed by atoms with E-state index < -0.39 is 18.9 Å². The van der Waals surface area contributed by atoms with Gasteiger partial charge in [-0.2, -0.15) is 0 Å². The van der Waals surface area contributed by atoms with E-state index in [0.29, 0.717) is 18.6 Å². The number of rotatable bonds is 7.